The van der Waals surface area contributed by atoms with E-state index in [1.54, 1.807) is 37.5 Å². The first-order chi connectivity index (χ1) is 15.8. The average molecular weight is 444 g/mol. The summed E-state index contributed by atoms with van der Waals surface area (Å²) in [5, 5.41) is 14.2. The number of nitrogens with two attached hydrogens (primary N) is 1. The van der Waals surface area contributed by atoms with Gasteiger partial charge in [-0.05, 0) is 61.4 Å². The van der Waals surface area contributed by atoms with Crippen LogP contribution in [0.3, 0.4) is 0 Å². The zero-order valence-corrected chi connectivity index (χ0v) is 18.7. The third-order valence-electron chi connectivity index (χ3n) is 5.28. The van der Waals surface area contributed by atoms with Gasteiger partial charge in [-0.25, -0.2) is 9.97 Å². The zero-order chi connectivity index (χ0) is 23.4. The van der Waals surface area contributed by atoms with Crippen molar-refractivity contribution in [1.29, 1.82) is 0 Å². The van der Waals surface area contributed by atoms with Crippen LogP contribution < -0.4 is 16.4 Å². The van der Waals surface area contributed by atoms with Gasteiger partial charge in [-0.2, -0.15) is 0 Å². The van der Waals surface area contributed by atoms with Crippen molar-refractivity contribution in [3.05, 3.63) is 89.4 Å². The lowest BCUT2D eigenvalue weighted by molar-refractivity contribution is 0.102. The first kappa shape index (κ1) is 21.9. The number of aromatic nitrogens is 4. The lowest BCUT2D eigenvalue weighted by Crippen LogP contribution is -2.20. The molecule has 9 heteroatoms. The summed E-state index contributed by atoms with van der Waals surface area (Å²) in [4.78, 5) is 21.3. The predicted octanol–water partition coefficient (Wildman–Crippen LogP) is 3.94. The minimum absolute atomic E-state index is 0.264. The number of aryl methyl sites for hydroxylation is 1. The highest BCUT2D eigenvalue weighted by molar-refractivity contribution is 6.07. The molecule has 0 fully saturated rings. The number of benzene rings is 1. The van der Waals surface area contributed by atoms with Crippen LogP contribution in [-0.4, -0.2) is 26.1 Å². The van der Waals surface area contributed by atoms with Crippen molar-refractivity contribution in [3.8, 4) is 0 Å². The Morgan fingerprint density at radius 2 is 1.85 bits per heavy atom. The number of pyridine rings is 2. The molecule has 1 amide bonds. The van der Waals surface area contributed by atoms with Crippen molar-refractivity contribution < 1.29 is 9.21 Å². The molecule has 0 saturated heterocycles. The van der Waals surface area contributed by atoms with E-state index in [0.29, 0.717) is 41.2 Å². The standard InChI is InChI=1S/C24H25N7O2/c1-15-30-31-23(33-15)24(2,3)17-6-8-18(9-7-17)29-22(32)19-5-4-11-27-21(19)28-14-16-10-12-26-20(25)13-16/h4-13H,14H2,1-3H3,(H2,25,26)(H,27,28)(H,29,32). The lowest BCUT2D eigenvalue weighted by Gasteiger charge is -2.21. The van der Waals surface area contributed by atoms with Gasteiger partial charge in [-0.3, -0.25) is 4.79 Å². The van der Waals surface area contributed by atoms with Gasteiger partial charge in [0.05, 0.1) is 11.0 Å². The molecule has 168 valence electrons. The number of nitrogen functional groups attached to an aromatic ring is 1. The Morgan fingerprint density at radius 1 is 1.06 bits per heavy atom. The summed E-state index contributed by atoms with van der Waals surface area (Å²) in [6, 6.07) is 14.6. The number of hydrogen-bond donors (Lipinski definition) is 3. The van der Waals surface area contributed by atoms with Gasteiger partial charge in [0.25, 0.3) is 5.91 Å². The molecule has 0 saturated carbocycles. The molecule has 4 rings (SSSR count). The summed E-state index contributed by atoms with van der Waals surface area (Å²) >= 11 is 0. The van der Waals surface area contributed by atoms with Crippen molar-refractivity contribution in [2.45, 2.75) is 32.7 Å². The fraction of sp³-hybridized carbons (Fsp3) is 0.208. The number of amides is 1. The Morgan fingerprint density at radius 3 is 2.55 bits per heavy atom. The smallest absolute Gasteiger partial charge is 0.259 e. The SMILES string of the molecule is Cc1nnc(C(C)(C)c2ccc(NC(=O)c3cccnc3NCc3ccnc(N)c3)cc2)o1. The Labute approximate surface area is 191 Å². The largest absolute Gasteiger partial charge is 0.425 e. The van der Waals surface area contributed by atoms with Gasteiger partial charge in [0.15, 0.2) is 0 Å². The zero-order valence-electron chi connectivity index (χ0n) is 18.7. The number of rotatable bonds is 7. The van der Waals surface area contributed by atoms with Crippen LogP contribution in [0.25, 0.3) is 0 Å². The molecule has 0 unspecified atom stereocenters. The maximum absolute atomic E-state index is 13.0. The Kier molecular flexibility index (Phi) is 6.03. The number of carbonyl (C=O) groups excluding carboxylic acids is 1. The normalized spacial score (nSPS) is 11.2. The Bertz CT molecular complexity index is 1270. The van der Waals surface area contributed by atoms with Crippen LogP contribution in [0.2, 0.25) is 0 Å². The lowest BCUT2D eigenvalue weighted by atomic mass is 9.84. The quantitative estimate of drug-likeness (QED) is 0.391. The highest BCUT2D eigenvalue weighted by Crippen LogP contribution is 2.31. The molecule has 0 aliphatic carbocycles. The van der Waals surface area contributed by atoms with Crippen LogP contribution in [0.4, 0.5) is 17.3 Å². The molecule has 0 aliphatic rings. The number of hydrogen-bond acceptors (Lipinski definition) is 8. The van der Waals surface area contributed by atoms with Crippen molar-refractivity contribution >= 4 is 23.2 Å². The fourth-order valence-corrected chi connectivity index (χ4v) is 3.36. The van der Waals surface area contributed by atoms with Gasteiger partial charge >= 0.3 is 0 Å². The van der Waals surface area contributed by atoms with E-state index in [9.17, 15) is 4.79 Å². The highest BCUT2D eigenvalue weighted by Gasteiger charge is 2.29. The molecule has 4 N–H and O–H groups in total. The van der Waals surface area contributed by atoms with Crippen LogP contribution in [0, 0.1) is 6.92 Å². The predicted molar refractivity (Wildman–Crippen MR) is 126 cm³/mol. The van der Waals surface area contributed by atoms with Crippen molar-refractivity contribution in [2.75, 3.05) is 16.4 Å². The highest BCUT2D eigenvalue weighted by atomic mass is 16.4. The van der Waals surface area contributed by atoms with Gasteiger partial charge in [0, 0.05) is 31.5 Å². The summed E-state index contributed by atoms with van der Waals surface area (Å²) < 4.78 is 5.61. The van der Waals surface area contributed by atoms with Crippen LogP contribution in [0.5, 0.6) is 0 Å². The van der Waals surface area contributed by atoms with Crippen LogP contribution >= 0.6 is 0 Å². The van der Waals surface area contributed by atoms with E-state index >= 15 is 0 Å². The van der Waals surface area contributed by atoms with Crippen molar-refractivity contribution in [3.63, 3.8) is 0 Å². The molecular formula is C24H25N7O2. The summed E-state index contributed by atoms with van der Waals surface area (Å²) in [5.74, 6) is 1.72. The van der Waals surface area contributed by atoms with Crippen molar-refractivity contribution in [1.82, 2.24) is 20.2 Å². The summed E-state index contributed by atoms with van der Waals surface area (Å²) in [6.07, 6.45) is 3.28. The molecule has 0 spiro atoms. The first-order valence-electron chi connectivity index (χ1n) is 10.4. The molecule has 3 heterocycles. The number of anilines is 3. The maximum Gasteiger partial charge on any atom is 0.259 e. The molecule has 0 radical (unpaired) electrons. The van der Waals surface area contributed by atoms with E-state index in [-0.39, 0.29) is 5.91 Å². The van der Waals surface area contributed by atoms with E-state index in [4.69, 9.17) is 10.2 Å². The number of nitrogens with one attached hydrogen (secondary N) is 2. The van der Waals surface area contributed by atoms with E-state index in [1.807, 2.05) is 44.2 Å². The van der Waals surface area contributed by atoms with Gasteiger partial charge < -0.3 is 20.8 Å². The molecule has 33 heavy (non-hydrogen) atoms. The minimum Gasteiger partial charge on any atom is -0.425 e. The van der Waals surface area contributed by atoms with Crippen LogP contribution in [0.1, 0.15) is 47.1 Å². The summed E-state index contributed by atoms with van der Waals surface area (Å²) in [6.45, 7) is 6.25. The van der Waals surface area contributed by atoms with Gasteiger partial charge in [0.2, 0.25) is 11.8 Å². The second-order valence-corrected chi connectivity index (χ2v) is 8.12. The second kappa shape index (κ2) is 9.07. The molecule has 0 bridgehead atoms. The molecule has 1 aromatic carbocycles. The molecule has 0 aliphatic heterocycles. The number of carbonyl (C=O) groups is 1. The summed E-state index contributed by atoms with van der Waals surface area (Å²) in [7, 11) is 0. The topological polar surface area (TPSA) is 132 Å². The third-order valence-corrected chi connectivity index (χ3v) is 5.28. The first-order valence-corrected chi connectivity index (χ1v) is 10.4. The van der Waals surface area contributed by atoms with Crippen LogP contribution in [-0.2, 0) is 12.0 Å². The fourth-order valence-electron chi connectivity index (χ4n) is 3.36. The summed E-state index contributed by atoms with van der Waals surface area (Å²) in [5.41, 5.74) is 8.30. The monoisotopic (exact) mass is 443 g/mol. The van der Waals surface area contributed by atoms with E-state index < -0.39 is 5.41 Å². The van der Waals surface area contributed by atoms with Gasteiger partial charge in [-0.1, -0.05) is 12.1 Å². The third kappa shape index (κ3) is 4.98. The van der Waals surface area contributed by atoms with E-state index in [0.717, 1.165) is 11.1 Å². The van der Waals surface area contributed by atoms with Crippen molar-refractivity contribution in [2.24, 2.45) is 0 Å². The maximum atomic E-state index is 13.0. The molecule has 3 aromatic heterocycles. The minimum atomic E-state index is -0.458. The van der Waals surface area contributed by atoms with Gasteiger partial charge in [0.1, 0.15) is 11.6 Å². The average Bonchev–Trinajstić information content (AvgIpc) is 3.25. The molecule has 0 atom stereocenters. The van der Waals surface area contributed by atoms with Gasteiger partial charge in [-0.15, -0.1) is 10.2 Å². The Balaban J connectivity index is 1.46. The van der Waals surface area contributed by atoms with E-state index in [1.165, 1.54) is 0 Å². The second-order valence-electron chi connectivity index (χ2n) is 8.12. The molecule has 4 aromatic rings. The Hall–Kier alpha value is -4.27. The molecule has 9 nitrogen and oxygen atoms in total. The van der Waals surface area contributed by atoms with E-state index in [2.05, 4.69) is 30.8 Å². The van der Waals surface area contributed by atoms with Crippen LogP contribution in [0.15, 0.2) is 65.3 Å². The number of nitrogens with zero attached hydrogens (tertiary/aromatic N) is 4. The molecular weight excluding hydrogens is 418 g/mol.